The minimum atomic E-state index is 1.21. The van der Waals surface area contributed by atoms with Gasteiger partial charge in [0, 0.05) is 0 Å². The second-order valence-electron chi connectivity index (χ2n) is 14.8. The number of fused-ring (bicyclic) bond motifs is 6. The SMILES string of the molecule is c1ccc(-c2ccc3c(-c4ccccc4-c4ccccc4)c4cc(-c5cc6ccccc6c6ccccc56)ccc4c(-c4ccc5ccccc5c4)c3c2)cc1. The summed E-state index contributed by atoms with van der Waals surface area (Å²) in [6.07, 6.45) is 0. The van der Waals surface area contributed by atoms with Crippen LogP contribution in [0.25, 0.3) is 109 Å². The Balaban J connectivity index is 1.30. The molecule has 0 N–H and O–H groups in total. The van der Waals surface area contributed by atoms with E-state index in [1.807, 2.05) is 0 Å². The Labute approximate surface area is 326 Å². The summed E-state index contributed by atoms with van der Waals surface area (Å²) in [5.74, 6) is 0. The molecule has 56 heavy (non-hydrogen) atoms. The molecule has 11 aromatic rings. The molecule has 0 radical (unpaired) electrons. The number of hydrogen-bond donors (Lipinski definition) is 0. The van der Waals surface area contributed by atoms with Gasteiger partial charge in [0.25, 0.3) is 0 Å². The van der Waals surface area contributed by atoms with Gasteiger partial charge in [-0.3, -0.25) is 0 Å². The fourth-order valence-electron chi connectivity index (χ4n) is 9.02. The van der Waals surface area contributed by atoms with Gasteiger partial charge < -0.3 is 0 Å². The van der Waals surface area contributed by atoms with Crippen molar-refractivity contribution in [3.05, 3.63) is 218 Å². The van der Waals surface area contributed by atoms with Gasteiger partial charge in [0.05, 0.1) is 0 Å². The molecule has 260 valence electrons. The average Bonchev–Trinajstić information content (AvgIpc) is 3.28. The van der Waals surface area contributed by atoms with Crippen molar-refractivity contribution < 1.29 is 0 Å². The maximum absolute atomic E-state index is 2.47. The van der Waals surface area contributed by atoms with E-state index in [0.29, 0.717) is 0 Å². The van der Waals surface area contributed by atoms with Crippen LogP contribution in [0, 0.1) is 0 Å². The fraction of sp³-hybridized carbons (Fsp3) is 0. The smallest absolute Gasteiger partial charge is 0.00199 e. The third-order valence-electron chi connectivity index (χ3n) is 11.6. The lowest BCUT2D eigenvalue weighted by atomic mass is 9.81. The van der Waals surface area contributed by atoms with Gasteiger partial charge in [-0.1, -0.05) is 194 Å². The first-order chi connectivity index (χ1) is 27.8. The highest BCUT2D eigenvalue weighted by Crippen LogP contribution is 2.49. The first-order valence-electron chi connectivity index (χ1n) is 19.4. The first-order valence-corrected chi connectivity index (χ1v) is 19.4. The molecule has 0 aliphatic carbocycles. The summed E-state index contributed by atoms with van der Waals surface area (Å²) in [5.41, 5.74) is 12.3. The van der Waals surface area contributed by atoms with Crippen molar-refractivity contribution in [2.24, 2.45) is 0 Å². The zero-order valence-electron chi connectivity index (χ0n) is 30.8. The standard InChI is InChI=1S/C56H36/c1-3-15-37(16-4-1)41-29-31-51-53(34-41)55(44-28-27-38-17-7-8-20-40(38)33-44)50-32-30-43(52-35-42-21-9-10-23-46(42)47-24-12-13-25-48(47)52)36-54(50)56(51)49-26-14-11-22-45(49)39-18-5-2-6-19-39/h1-36H. The Hall–Kier alpha value is -7.28. The molecule has 0 amide bonds. The topological polar surface area (TPSA) is 0 Å². The summed E-state index contributed by atoms with van der Waals surface area (Å²) in [5, 5.41) is 12.5. The lowest BCUT2D eigenvalue weighted by Gasteiger charge is -2.22. The van der Waals surface area contributed by atoms with E-state index >= 15 is 0 Å². The van der Waals surface area contributed by atoms with Crippen molar-refractivity contribution in [1.29, 1.82) is 0 Å². The van der Waals surface area contributed by atoms with Crippen molar-refractivity contribution in [3.8, 4) is 55.6 Å². The Morgan fingerprint density at radius 1 is 0.179 bits per heavy atom. The van der Waals surface area contributed by atoms with Gasteiger partial charge in [0.2, 0.25) is 0 Å². The van der Waals surface area contributed by atoms with Gasteiger partial charge in [-0.2, -0.15) is 0 Å². The molecule has 0 saturated heterocycles. The highest BCUT2D eigenvalue weighted by molar-refractivity contribution is 6.24. The van der Waals surface area contributed by atoms with E-state index < -0.39 is 0 Å². The van der Waals surface area contributed by atoms with E-state index in [-0.39, 0.29) is 0 Å². The summed E-state index contributed by atoms with van der Waals surface area (Å²) < 4.78 is 0. The molecule has 0 aromatic heterocycles. The Kier molecular flexibility index (Phi) is 7.60. The van der Waals surface area contributed by atoms with Crippen molar-refractivity contribution in [2.75, 3.05) is 0 Å². The van der Waals surface area contributed by atoms with Crippen LogP contribution in [0.1, 0.15) is 0 Å². The van der Waals surface area contributed by atoms with Gasteiger partial charge in [-0.05, 0) is 134 Å². The molecule has 0 aliphatic heterocycles. The highest BCUT2D eigenvalue weighted by atomic mass is 14.2. The Morgan fingerprint density at radius 2 is 0.714 bits per heavy atom. The second-order valence-corrected chi connectivity index (χ2v) is 14.8. The molecule has 0 heteroatoms. The van der Waals surface area contributed by atoms with E-state index in [1.54, 1.807) is 0 Å². The van der Waals surface area contributed by atoms with E-state index in [2.05, 4.69) is 218 Å². The van der Waals surface area contributed by atoms with Crippen LogP contribution in [0.2, 0.25) is 0 Å². The fourth-order valence-corrected chi connectivity index (χ4v) is 9.02. The molecule has 0 nitrogen and oxygen atoms in total. The minimum Gasteiger partial charge on any atom is -0.0622 e. The van der Waals surface area contributed by atoms with Crippen LogP contribution in [0.15, 0.2) is 218 Å². The molecule has 0 atom stereocenters. The average molecular weight is 709 g/mol. The molecule has 0 spiro atoms. The Bertz CT molecular complexity index is 3280. The van der Waals surface area contributed by atoms with E-state index in [9.17, 15) is 0 Å². The predicted octanol–water partition coefficient (Wildman–Crippen LogP) is 15.8. The predicted molar refractivity (Wildman–Crippen MR) is 241 cm³/mol. The third-order valence-corrected chi connectivity index (χ3v) is 11.6. The minimum absolute atomic E-state index is 1.21. The van der Waals surface area contributed by atoms with Crippen molar-refractivity contribution in [1.82, 2.24) is 0 Å². The van der Waals surface area contributed by atoms with E-state index in [4.69, 9.17) is 0 Å². The van der Waals surface area contributed by atoms with Gasteiger partial charge in [0.1, 0.15) is 0 Å². The maximum atomic E-state index is 2.47. The summed E-state index contributed by atoms with van der Waals surface area (Å²) in [6, 6.07) is 80.5. The maximum Gasteiger partial charge on any atom is -0.00199 e. The van der Waals surface area contributed by atoms with Crippen molar-refractivity contribution in [2.45, 2.75) is 0 Å². The molecule has 0 fully saturated rings. The van der Waals surface area contributed by atoms with Gasteiger partial charge >= 0.3 is 0 Å². The quantitative estimate of drug-likeness (QED) is 0.123. The lowest BCUT2D eigenvalue weighted by molar-refractivity contribution is 1.60. The van der Waals surface area contributed by atoms with Gasteiger partial charge in [-0.15, -0.1) is 0 Å². The zero-order chi connectivity index (χ0) is 37.0. The third kappa shape index (κ3) is 5.30. The molecule has 11 rings (SSSR count). The van der Waals surface area contributed by atoms with Crippen molar-refractivity contribution in [3.63, 3.8) is 0 Å². The summed E-state index contributed by atoms with van der Waals surface area (Å²) in [7, 11) is 0. The van der Waals surface area contributed by atoms with E-state index in [1.165, 1.54) is 109 Å². The van der Waals surface area contributed by atoms with Gasteiger partial charge in [0.15, 0.2) is 0 Å². The molecule has 0 bridgehead atoms. The summed E-state index contributed by atoms with van der Waals surface area (Å²) in [6.45, 7) is 0. The zero-order valence-corrected chi connectivity index (χ0v) is 30.8. The molecular weight excluding hydrogens is 673 g/mol. The second kappa shape index (κ2) is 13.2. The number of benzene rings is 11. The number of rotatable bonds is 5. The highest BCUT2D eigenvalue weighted by Gasteiger charge is 2.21. The van der Waals surface area contributed by atoms with Crippen LogP contribution in [-0.2, 0) is 0 Å². The molecule has 0 aliphatic rings. The summed E-state index contributed by atoms with van der Waals surface area (Å²) >= 11 is 0. The molecule has 0 saturated carbocycles. The van der Waals surface area contributed by atoms with Crippen LogP contribution in [0.3, 0.4) is 0 Å². The van der Waals surface area contributed by atoms with E-state index in [0.717, 1.165) is 0 Å². The van der Waals surface area contributed by atoms with Crippen LogP contribution >= 0.6 is 0 Å². The Morgan fingerprint density at radius 3 is 1.50 bits per heavy atom. The number of hydrogen-bond acceptors (Lipinski definition) is 0. The van der Waals surface area contributed by atoms with Crippen molar-refractivity contribution >= 4 is 53.9 Å². The summed E-state index contributed by atoms with van der Waals surface area (Å²) in [4.78, 5) is 0. The first kappa shape index (κ1) is 32.2. The van der Waals surface area contributed by atoms with Crippen LogP contribution in [0.5, 0.6) is 0 Å². The molecule has 0 heterocycles. The molecular formula is C56H36. The monoisotopic (exact) mass is 708 g/mol. The normalized spacial score (nSPS) is 11.6. The van der Waals surface area contributed by atoms with Gasteiger partial charge in [-0.25, -0.2) is 0 Å². The lowest BCUT2D eigenvalue weighted by Crippen LogP contribution is -1.94. The molecule has 11 aromatic carbocycles. The van der Waals surface area contributed by atoms with Crippen LogP contribution in [-0.4, -0.2) is 0 Å². The van der Waals surface area contributed by atoms with Crippen LogP contribution in [0.4, 0.5) is 0 Å². The molecule has 0 unspecified atom stereocenters. The largest absolute Gasteiger partial charge is 0.0622 e. The van der Waals surface area contributed by atoms with Crippen LogP contribution < -0.4 is 0 Å².